The molecule has 0 aliphatic rings. The fourth-order valence-corrected chi connectivity index (χ4v) is 5.11. The highest BCUT2D eigenvalue weighted by Gasteiger charge is 2.14. The number of benzene rings is 5. The Kier molecular flexibility index (Phi) is 6.85. The average Bonchev–Trinajstić information content (AvgIpc) is 3.09. The number of rotatable bonds is 6. The molecule has 0 aliphatic heterocycles. The molecule has 7 aromatic rings. The number of hydrogen-bond donors (Lipinski definition) is 0. The van der Waals surface area contributed by atoms with Crippen LogP contribution < -0.4 is 0 Å². The maximum atomic E-state index is 4.87. The van der Waals surface area contributed by atoms with Crippen LogP contribution >= 0.6 is 0 Å². The molecule has 198 valence electrons. The first-order valence-electron chi connectivity index (χ1n) is 13.9. The van der Waals surface area contributed by atoms with E-state index in [-0.39, 0.29) is 0 Å². The molecule has 0 saturated carbocycles. The SMILES string of the molecule is c1ccc(-c2ccc(-c3ccc(-c4nc(-c5ccccc5)nc(-c5cccnc5)n4)cc3)c(-c3ccccc3)c2)cc1. The Labute approximate surface area is 245 Å². The number of pyridine rings is 1. The van der Waals surface area contributed by atoms with Gasteiger partial charge in [0.2, 0.25) is 0 Å². The minimum Gasteiger partial charge on any atom is -0.264 e. The maximum absolute atomic E-state index is 4.87. The quantitative estimate of drug-likeness (QED) is 0.212. The third-order valence-electron chi connectivity index (χ3n) is 7.25. The molecule has 4 nitrogen and oxygen atoms in total. The van der Waals surface area contributed by atoms with Crippen LogP contribution in [-0.4, -0.2) is 19.9 Å². The second-order valence-corrected chi connectivity index (χ2v) is 9.98. The predicted octanol–water partition coefficient (Wildman–Crippen LogP) is 9.27. The Balaban J connectivity index is 1.31. The molecular weight excluding hydrogens is 512 g/mol. The van der Waals surface area contributed by atoms with Crippen LogP contribution in [0, 0.1) is 0 Å². The Morgan fingerprint density at radius 2 is 0.762 bits per heavy atom. The van der Waals surface area contributed by atoms with Crippen LogP contribution in [-0.2, 0) is 0 Å². The minimum absolute atomic E-state index is 0.596. The second-order valence-electron chi connectivity index (χ2n) is 9.98. The minimum atomic E-state index is 0.596. The van der Waals surface area contributed by atoms with Gasteiger partial charge in [-0.25, -0.2) is 15.0 Å². The molecule has 5 aromatic carbocycles. The van der Waals surface area contributed by atoms with Crippen molar-refractivity contribution in [2.24, 2.45) is 0 Å². The van der Waals surface area contributed by atoms with Crippen LogP contribution in [0.4, 0.5) is 0 Å². The van der Waals surface area contributed by atoms with E-state index in [2.05, 4.69) is 102 Å². The van der Waals surface area contributed by atoms with Gasteiger partial charge in [-0.2, -0.15) is 0 Å². The van der Waals surface area contributed by atoms with Gasteiger partial charge in [0.15, 0.2) is 17.5 Å². The first-order valence-corrected chi connectivity index (χ1v) is 13.9. The van der Waals surface area contributed by atoms with Gasteiger partial charge in [0, 0.05) is 29.1 Å². The van der Waals surface area contributed by atoms with Crippen molar-refractivity contribution in [3.63, 3.8) is 0 Å². The Hall–Kier alpha value is -5.74. The molecule has 0 fully saturated rings. The standard InChI is InChI=1S/C38H26N4/c1-4-11-27(12-5-1)32-22-23-34(35(25-32)28-13-6-2-7-14-28)29-18-20-31(21-19-29)37-40-36(30-15-8-3-9-16-30)41-38(42-37)33-17-10-24-39-26-33/h1-26H. The smallest absolute Gasteiger partial charge is 0.165 e. The van der Waals surface area contributed by atoms with Crippen molar-refractivity contribution in [1.29, 1.82) is 0 Å². The lowest BCUT2D eigenvalue weighted by molar-refractivity contribution is 1.07. The zero-order chi connectivity index (χ0) is 28.1. The van der Waals surface area contributed by atoms with Gasteiger partial charge in [0.1, 0.15) is 0 Å². The van der Waals surface area contributed by atoms with Gasteiger partial charge in [-0.15, -0.1) is 0 Å². The molecule has 0 N–H and O–H groups in total. The van der Waals surface area contributed by atoms with E-state index in [9.17, 15) is 0 Å². The van der Waals surface area contributed by atoms with Crippen molar-refractivity contribution in [2.75, 3.05) is 0 Å². The Bertz CT molecular complexity index is 1880. The fraction of sp³-hybridized carbons (Fsp3) is 0. The normalized spacial score (nSPS) is 10.9. The van der Waals surface area contributed by atoms with Crippen LogP contribution in [0.5, 0.6) is 0 Å². The van der Waals surface area contributed by atoms with Gasteiger partial charge >= 0.3 is 0 Å². The Morgan fingerprint density at radius 1 is 0.310 bits per heavy atom. The summed E-state index contributed by atoms with van der Waals surface area (Å²) in [5, 5.41) is 0. The molecule has 0 saturated heterocycles. The van der Waals surface area contributed by atoms with E-state index in [1.165, 1.54) is 27.8 Å². The largest absolute Gasteiger partial charge is 0.264 e. The van der Waals surface area contributed by atoms with Crippen molar-refractivity contribution < 1.29 is 0 Å². The zero-order valence-corrected chi connectivity index (χ0v) is 22.8. The van der Waals surface area contributed by atoms with Crippen LogP contribution in [0.25, 0.3) is 67.5 Å². The van der Waals surface area contributed by atoms with E-state index in [1.807, 2.05) is 48.5 Å². The van der Waals surface area contributed by atoms with E-state index in [1.54, 1.807) is 12.4 Å². The number of nitrogens with zero attached hydrogens (tertiary/aromatic N) is 4. The van der Waals surface area contributed by atoms with Crippen LogP contribution in [0.1, 0.15) is 0 Å². The van der Waals surface area contributed by atoms with Crippen molar-refractivity contribution in [2.45, 2.75) is 0 Å². The second kappa shape index (κ2) is 11.4. The Morgan fingerprint density at radius 3 is 1.36 bits per heavy atom. The molecule has 0 bridgehead atoms. The van der Waals surface area contributed by atoms with E-state index >= 15 is 0 Å². The van der Waals surface area contributed by atoms with Gasteiger partial charge < -0.3 is 0 Å². The average molecular weight is 539 g/mol. The van der Waals surface area contributed by atoms with Crippen LogP contribution in [0.3, 0.4) is 0 Å². The monoisotopic (exact) mass is 538 g/mol. The molecule has 0 amide bonds. The summed E-state index contributed by atoms with van der Waals surface area (Å²) in [5.41, 5.74) is 9.77. The number of hydrogen-bond acceptors (Lipinski definition) is 4. The van der Waals surface area contributed by atoms with Crippen molar-refractivity contribution >= 4 is 0 Å². The molecule has 4 heteroatoms. The molecule has 0 unspecified atom stereocenters. The highest BCUT2D eigenvalue weighted by molar-refractivity contribution is 5.87. The van der Waals surface area contributed by atoms with Gasteiger partial charge in [-0.3, -0.25) is 4.98 Å². The predicted molar refractivity (Wildman–Crippen MR) is 170 cm³/mol. The van der Waals surface area contributed by atoms with Gasteiger partial charge in [0.05, 0.1) is 0 Å². The van der Waals surface area contributed by atoms with Crippen LogP contribution in [0.2, 0.25) is 0 Å². The van der Waals surface area contributed by atoms with Gasteiger partial charge in [0.25, 0.3) is 0 Å². The lowest BCUT2D eigenvalue weighted by Crippen LogP contribution is -2.00. The molecule has 0 spiro atoms. The summed E-state index contributed by atoms with van der Waals surface area (Å²) in [5.74, 6) is 1.85. The van der Waals surface area contributed by atoms with Crippen molar-refractivity contribution in [3.05, 3.63) is 158 Å². The maximum Gasteiger partial charge on any atom is 0.165 e. The number of aromatic nitrogens is 4. The molecule has 2 heterocycles. The first-order chi connectivity index (χ1) is 20.8. The summed E-state index contributed by atoms with van der Waals surface area (Å²) < 4.78 is 0. The van der Waals surface area contributed by atoms with Gasteiger partial charge in [-0.1, -0.05) is 127 Å². The molecule has 0 atom stereocenters. The third-order valence-corrected chi connectivity index (χ3v) is 7.25. The molecule has 0 aliphatic carbocycles. The molecule has 0 radical (unpaired) electrons. The lowest BCUT2D eigenvalue weighted by atomic mass is 9.91. The highest BCUT2D eigenvalue weighted by Crippen LogP contribution is 2.36. The summed E-state index contributed by atoms with van der Waals surface area (Å²) >= 11 is 0. The molecule has 42 heavy (non-hydrogen) atoms. The summed E-state index contributed by atoms with van der Waals surface area (Å²) in [6.07, 6.45) is 3.53. The van der Waals surface area contributed by atoms with Crippen LogP contribution in [0.15, 0.2) is 158 Å². The molecular formula is C38H26N4. The first kappa shape index (κ1) is 25.2. The summed E-state index contributed by atoms with van der Waals surface area (Å²) in [7, 11) is 0. The van der Waals surface area contributed by atoms with E-state index in [4.69, 9.17) is 15.0 Å². The fourth-order valence-electron chi connectivity index (χ4n) is 5.11. The van der Waals surface area contributed by atoms with E-state index in [0.717, 1.165) is 22.3 Å². The van der Waals surface area contributed by atoms with E-state index in [0.29, 0.717) is 17.5 Å². The van der Waals surface area contributed by atoms with Crippen molar-refractivity contribution in [3.8, 4) is 67.5 Å². The highest BCUT2D eigenvalue weighted by atomic mass is 15.0. The topological polar surface area (TPSA) is 51.6 Å². The summed E-state index contributed by atoms with van der Waals surface area (Å²) in [6.45, 7) is 0. The summed E-state index contributed by atoms with van der Waals surface area (Å²) in [6, 6.07) is 50.1. The third kappa shape index (κ3) is 5.21. The molecule has 2 aromatic heterocycles. The van der Waals surface area contributed by atoms with Crippen molar-refractivity contribution in [1.82, 2.24) is 19.9 Å². The lowest BCUT2D eigenvalue weighted by Gasteiger charge is -2.14. The van der Waals surface area contributed by atoms with Gasteiger partial charge in [-0.05, 0) is 51.6 Å². The molecule has 7 rings (SSSR count). The zero-order valence-electron chi connectivity index (χ0n) is 22.8. The summed E-state index contributed by atoms with van der Waals surface area (Å²) in [4.78, 5) is 18.8. The van der Waals surface area contributed by atoms with E-state index < -0.39 is 0 Å².